The molecule has 0 spiro atoms. The van der Waals surface area contributed by atoms with Crippen LogP contribution in [-0.2, 0) is 84.7 Å². The van der Waals surface area contributed by atoms with Gasteiger partial charge in [-0.1, -0.05) is 252 Å². The molecule has 105 heavy (non-hydrogen) atoms. The summed E-state index contributed by atoms with van der Waals surface area (Å²) in [5.41, 5.74) is -1.04. The zero-order valence-electron chi connectivity index (χ0n) is 64.7. The summed E-state index contributed by atoms with van der Waals surface area (Å²) < 4.78 is 35.9. The number of unbranched alkanes of at least 4 members (excludes halogenated alkanes) is 36. The number of hydrogen-bond acceptors (Lipinski definition) is 20. The Morgan fingerprint density at radius 3 is 1.08 bits per heavy atom. The highest BCUT2D eigenvalue weighted by molar-refractivity contribution is 5.79. The minimum absolute atomic E-state index is 0.141. The third-order valence-corrected chi connectivity index (χ3v) is 18.8. The van der Waals surface area contributed by atoms with Crippen LogP contribution in [0.25, 0.3) is 0 Å². The van der Waals surface area contributed by atoms with Crippen LogP contribution in [0.4, 0.5) is 0 Å². The van der Waals surface area contributed by atoms with Gasteiger partial charge in [0.2, 0.25) is 0 Å². The van der Waals surface area contributed by atoms with E-state index in [0.717, 1.165) is 86.8 Å². The van der Waals surface area contributed by atoms with Gasteiger partial charge in [0.1, 0.15) is 26.4 Å². The number of rotatable bonds is 78. The first-order valence-electron chi connectivity index (χ1n) is 40.1. The summed E-state index contributed by atoms with van der Waals surface area (Å²) in [6, 6.07) is -1.29. The highest BCUT2D eigenvalue weighted by Gasteiger charge is 2.37. The number of carbonyl (C=O) groups excluding carboxylic acids is 4. The lowest BCUT2D eigenvalue weighted by molar-refractivity contribution is -0.186. The van der Waals surface area contributed by atoms with E-state index < -0.39 is 137 Å². The Morgan fingerprint density at radius 2 is 0.695 bits per heavy atom. The molecule has 0 amide bonds. The van der Waals surface area contributed by atoms with Gasteiger partial charge in [0.15, 0.2) is 11.4 Å². The topological polar surface area (TPSA) is 364 Å². The number of carboxylic acid groups (broad SMARTS) is 6. The maximum Gasteiger partial charge on any atom is 0.317 e. The van der Waals surface area contributed by atoms with Crippen molar-refractivity contribution in [3.63, 3.8) is 0 Å². The lowest BCUT2D eigenvalue weighted by atomic mass is 10.0. The quantitative estimate of drug-likeness (QED) is 0.0200. The van der Waals surface area contributed by atoms with Crippen molar-refractivity contribution in [3.8, 4) is 0 Å². The molecule has 1 aromatic rings. The highest BCUT2D eigenvalue weighted by atomic mass is 16.6. The van der Waals surface area contributed by atoms with E-state index in [1.807, 2.05) is 0 Å². The summed E-state index contributed by atoms with van der Waals surface area (Å²) >= 11 is 0. The molecule has 26 heteroatoms. The molecule has 1 rings (SSSR count). The Morgan fingerprint density at radius 1 is 0.371 bits per heavy atom. The van der Waals surface area contributed by atoms with Gasteiger partial charge in [0, 0.05) is 63.1 Å². The van der Waals surface area contributed by atoms with Crippen LogP contribution in [0.2, 0.25) is 0 Å². The van der Waals surface area contributed by atoms with Crippen molar-refractivity contribution in [3.05, 3.63) is 23.7 Å². The van der Waals surface area contributed by atoms with Gasteiger partial charge in [-0.05, 0) is 19.3 Å². The van der Waals surface area contributed by atoms with Crippen LogP contribution in [0.3, 0.4) is 0 Å². The van der Waals surface area contributed by atoms with Gasteiger partial charge in [0.25, 0.3) is 0 Å². The van der Waals surface area contributed by atoms with Crippen LogP contribution in [0.5, 0.6) is 0 Å². The van der Waals surface area contributed by atoms with Crippen LogP contribution < -0.4 is 0 Å². The van der Waals surface area contributed by atoms with Gasteiger partial charge in [-0.2, -0.15) is 0 Å². The molecule has 1 heterocycles. The van der Waals surface area contributed by atoms with Crippen LogP contribution in [0.1, 0.15) is 302 Å². The molecule has 0 saturated carbocycles. The molecule has 1 atom stereocenters. The molecule has 0 fully saturated rings. The van der Waals surface area contributed by atoms with E-state index >= 15 is 0 Å². The van der Waals surface area contributed by atoms with Crippen molar-refractivity contribution >= 4 is 59.5 Å². The lowest BCUT2D eigenvalue weighted by Gasteiger charge is -2.34. The third kappa shape index (κ3) is 57.8. The maximum absolute atomic E-state index is 13.8. The first-order valence-corrected chi connectivity index (χ1v) is 40.1. The van der Waals surface area contributed by atoms with Crippen LogP contribution >= 0.6 is 0 Å². The van der Waals surface area contributed by atoms with E-state index in [-0.39, 0.29) is 76.6 Å². The summed E-state index contributed by atoms with van der Waals surface area (Å²) in [7, 11) is 0. The summed E-state index contributed by atoms with van der Waals surface area (Å²) in [5.74, 6) is -10.3. The molecule has 0 aliphatic heterocycles. The first-order chi connectivity index (χ1) is 50.6. The molecule has 1 unspecified atom stereocenters. The van der Waals surface area contributed by atoms with Gasteiger partial charge < -0.3 is 58.7 Å². The standard InChI is InChI=1S/C79H138N4O22/c1-4-7-10-13-16-19-22-25-28-31-34-37-40-43-69(84)62-105-79(64-103-76(97)44-41-38-35-32-29-26-23-20-17-14-11-8-5-2,65-104-77(98)45-42-39-36-33-30-27-24-21-18-15-12-9-6-3)63-101-60-67-59-100-58-66(67)50-78(99)102-61-68(83(56-74(93)94)57-75(95)96)51-81(53-71(87)88)48-46-80(52-70(85)86)47-49-82(54-72(89)90)55-73(91)92/h58-59,68H,4-57,60-65H2,1-3H3,(H,85,86)(H,87,88)(H,89,90)(H,91,92)(H,93,94)(H,95,96). The second kappa shape index (κ2) is 65.1. The zero-order valence-corrected chi connectivity index (χ0v) is 64.7. The normalized spacial score (nSPS) is 12.0. The van der Waals surface area contributed by atoms with Gasteiger partial charge >= 0.3 is 53.7 Å². The number of ketones is 1. The maximum atomic E-state index is 13.8. The Kier molecular flexibility index (Phi) is 60.1. The molecule has 0 bridgehead atoms. The fourth-order valence-electron chi connectivity index (χ4n) is 12.7. The van der Waals surface area contributed by atoms with E-state index in [1.165, 1.54) is 176 Å². The second-order valence-corrected chi connectivity index (χ2v) is 28.7. The number of Topliss-reactive ketones (excluding diaryl/α,β-unsaturated/α-hetero) is 1. The number of carboxylic acids is 6. The van der Waals surface area contributed by atoms with Crippen LogP contribution in [0.15, 0.2) is 16.9 Å². The van der Waals surface area contributed by atoms with Gasteiger partial charge in [-0.15, -0.1) is 0 Å². The van der Waals surface area contributed by atoms with Gasteiger partial charge in [-0.3, -0.25) is 67.5 Å². The molecule has 606 valence electrons. The number of aliphatic carboxylic acids is 6. The highest BCUT2D eigenvalue weighted by Crippen LogP contribution is 2.23. The fraction of sp³-hybridized carbons (Fsp3) is 0.823. The molecule has 26 nitrogen and oxygen atoms in total. The van der Waals surface area contributed by atoms with Crippen molar-refractivity contribution in [1.29, 1.82) is 0 Å². The largest absolute Gasteiger partial charge is 0.480 e. The third-order valence-electron chi connectivity index (χ3n) is 18.8. The summed E-state index contributed by atoms with van der Waals surface area (Å²) in [5, 5.41) is 58.0. The van der Waals surface area contributed by atoms with E-state index in [9.17, 15) is 78.6 Å². The lowest BCUT2D eigenvalue weighted by Crippen LogP contribution is -2.52. The molecule has 0 radical (unpaired) electrons. The molecule has 0 aromatic carbocycles. The molecule has 0 aliphatic carbocycles. The molecule has 6 N–H and O–H groups in total. The Hall–Kier alpha value is -6.06. The molecule has 0 aliphatic rings. The molecular formula is C79H138N4O22. The monoisotopic (exact) mass is 1490 g/mol. The Bertz CT molecular complexity index is 2330. The Labute approximate surface area is 627 Å². The van der Waals surface area contributed by atoms with Crippen molar-refractivity contribution in [2.24, 2.45) is 0 Å². The number of nitrogens with zero attached hydrogens (tertiary/aromatic N) is 4. The Balaban J connectivity index is 3.44. The fourth-order valence-corrected chi connectivity index (χ4v) is 12.7. The van der Waals surface area contributed by atoms with Crippen molar-refractivity contribution in [2.75, 3.05) is 105 Å². The predicted octanol–water partition coefficient (Wildman–Crippen LogP) is 13.8. The predicted molar refractivity (Wildman–Crippen MR) is 400 cm³/mol. The number of ether oxygens (including phenoxy) is 5. The van der Waals surface area contributed by atoms with Gasteiger partial charge in [0.05, 0.1) is 77.5 Å². The van der Waals surface area contributed by atoms with E-state index in [0.29, 0.717) is 24.8 Å². The number of carbonyl (C=O) groups is 10. The minimum atomic E-state index is -1.66. The van der Waals surface area contributed by atoms with Crippen LogP contribution in [-0.4, -0.2) is 226 Å². The number of hydrogen-bond donors (Lipinski definition) is 6. The van der Waals surface area contributed by atoms with E-state index in [2.05, 4.69) is 20.8 Å². The molecule has 0 saturated heterocycles. The van der Waals surface area contributed by atoms with Crippen molar-refractivity contribution in [2.45, 2.75) is 315 Å². The van der Waals surface area contributed by atoms with Crippen molar-refractivity contribution < 1.29 is 107 Å². The van der Waals surface area contributed by atoms with Crippen molar-refractivity contribution in [1.82, 2.24) is 19.6 Å². The van der Waals surface area contributed by atoms with Gasteiger partial charge in [-0.25, -0.2) is 0 Å². The summed E-state index contributed by atoms with van der Waals surface area (Å²) in [4.78, 5) is 131. The minimum Gasteiger partial charge on any atom is -0.480 e. The average Bonchev–Trinajstić information content (AvgIpc) is 1.79. The number of furan rings is 1. The summed E-state index contributed by atoms with van der Waals surface area (Å²) in [6.45, 7) is -1.49. The first kappa shape index (κ1) is 97.0. The molecule has 1 aromatic heterocycles. The van der Waals surface area contributed by atoms with Crippen LogP contribution in [0, 0.1) is 0 Å². The smallest absolute Gasteiger partial charge is 0.317 e. The second-order valence-electron chi connectivity index (χ2n) is 28.7. The average molecular weight is 1500 g/mol. The van der Waals surface area contributed by atoms with E-state index in [1.54, 1.807) is 0 Å². The zero-order chi connectivity index (χ0) is 77.4. The molecular weight excluding hydrogens is 1360 g/mol. The SMILES string of the molecule is CCCCCCCCCCCCCCCC(=O)COC(COCc1cocc1CC(=O)OCC(CN(CCN(CCN(CC(=O)O)CC(=O)O)CC(=O)O)CC(=O)O)N(CC(=O)O)CC(=O)O)(COC(=O)CCCCCCCCCCCCCCC)COC(=O)CCCCCCCCCCCCCCC. The number of esters is 3. The summed E-state index contributed by atoms with van der Waals surface area (Å²) in [6.07, 6.45) is 47.1. The van der Waals surface area contributed by atoms with E-state index in [4.69, 9.17) is 28.1 Å².